The van der Waals surface area contributed by atoms with Gasteiger partial charge in [0.05, 0.1) is 0 Å². The van der Waals surface area contributed by atoms with Gasteiger partial charge in [0.25, 0.3) is 0 Å². The van der Waals surface area contributed by atoms with Crippen molar-refractivity contribution in [1.29, 1.82) is 5.26 Å². The fourth-order valence-corrected chi connectivity index (χ4v) is 0. The summed E-state index contributed by atoms with van der Waals surface area (Å²) >= 11 is -3.51. The van der Waals surface area contributed by atoms with Crippen LogP contribution in [0.25, 0.3) is 0 Å². The Labute approximate surface area is 50.8 Å². The Morgan fingerprint density at radius 1 is 1.33 bits per heavy atom. The van der Waals surface area contributed by atoms with Crippen LogP contribution in [0.1, 0.15) is 0 Å². The predicted octanol–water partition coefficient (Wildman–Crippen LogP) is 1.70. The molecule has 0 amide bonds. The molecule has 0 spiro atoms. The molecule has 0 saturated heterocycles. The third kappa shape index (κ3) is 5.16. The van der Waals surface area contributed by atoms with Crippen molar-refractivity contribution in [3.63, 3.8) is 0 Å². The first kappa shape index (κ1) is 7.16. The first-order chi connectivity index (χ1) is 2.56. The zero-order valence-electron chi connectivity index (χ0n) is 2.58. The molecule has 0 aliphatic carbocycles. The zero-order valence-corrected chi connectivity index (χ0v) is 7.70. The number of hydrogen-bond acceptors (Lipinski definition) is 1. The second-order valence-electron chi connectivity index (χ2n) is 0.610. The van der Waals surface area contributed by atoms with Crippen LogP contribution in [-0.2, 0) is 0 Å². The molecule has 34 valence electrons. The molecule has 0 atom stereocenters. The standard InChI is InChI=1S/CN.3ClH.Sn/c1-2;;;;/h;3*1H;/q;;;;+3/p-3. The monoisotopic (exact) mass is 251 g/mol. The molecule has 5 heteroatoms. The maximum atomic E-state index is 7.85. The minimum atomic E-state index is -3.51. The van der Waals surface area contributed by atoms with E-state index in [2.05, 4.69) is 0 Å². The first-order valence-corrected chi connectivity index (χ1v) is 13.3. The molecule has 0 unspecified atom stereocenters. The van der Waals surface area contributed by atoms with E-state index in [1.807, 2.05) is 0 Å². The van der Waals surface area contributed by atoms with Crippen LogP contribution in [0.3, 0.4) is 0 Å². The van der Waals surface area contributed by atoms with Crippen LogP contribution in [0, 0.1) is 9.35 Å². The average Bonchev–Trinajstić information content (AvgIpc) is 1.35. The van der Waals surface area contributed by atoms with Gasteiger partial charge in [-0.1, -0.05) is 0 Å². The number of nitrogens with zero attached hydrogens (tertiary/aromatic N) is 1. The molecule has 0 aromatic carbocycles. The van der Waals surface area contributed by atoms with Gasteiger partial charge >= 0.3 is 51.1 Å². The van der Waals surface area contributed by atoms with Gasteiger partial charge in [-0.25, -0.2) is 0 Å². The van der Waals surface area contributed by atoms with E-state index in [9.17, 15) is 0 Å². The van der Waals surface area contributed by atoms with Gasteiger partial charge in [0.1, 0.15) is 0 Å². The molecule has 0 rings (SSSR count). The summed E-state index contributed by atoms with van der Waals surface area (Å²) < 4.78 is 1.61. The molecule has 0 aliphatic heterocycles. The van der Waals surface area contributed by atoms with E-state index in [-0.39, 0.29) is 0 Å². The molecule has 1 nitrogen and oxygen atoms in total. The summed E-state index contributed by atoms with van der Waals surface area (Å²) in [4.78, 5) is 0. The number of rotatable bonds is 0. The minimum absolute atomic E-state index is 1.61. The van der Waals surface area contributed by atoms with Crippen LogP contribution in [0.15, 0.2) is 0 Å². The van der Waals surface area contributed by atoms with Gasteiger partial charge < -0.3 is 0 Å². The van der Waals surface area contributed by atoms with E-state index in [1.54, 1.807) is 4.09 Å². The Morgan fingerprint density at radius 2 is 1.50 bits per heavy atom. The van der Waals surface area contributed by atoms with Crippen molar-refractivity contribution in [1.82, 2.24) is 0 Å². The van der Waals surface area contributed by atoms with Crippen molar-refractivity contribution in [3.8, 4) is 4.09 Å². The van der Waals surface area contributed by atoms with E-state index in [0.717, 1.165) is 0 Å². The van der Waals surface area contributed by atoms with Gasteiger partial charge in [-0.15, -0.1) is 0 Å². The van der Waals surface area contributed by atoms with Gasteiger partial charge in [0.15, 0.2) is 0 Å². The summed E-state index contributed by atoms with van der Waals surface area (Å²) in [5.41, 5.74) is 0. The normalized spacial score (nSPS) is 10.3. The summed E-state index contributed by atoms with van der Waals surface area (Å²) in [6, 6.07) is 0. The molecule has 0 aromatic rings. The van der Waals surface area contributed by atoms with Gasteiger partial charge in [-0.2, -0.15) is 0 Å². The van der Waals surface area contributed by atoms with Crippen LogP contribution >= 0.6 is 26.8 Å². The molecule has 0 heterocycles. The molecule has 0 bridgehead atoms. The Balaban J connectivity index is 3.55. The average molecular weight is 251 g/mol. The van der Waals surface area contributed by atoms with E-state index < -0.39 is 15.0 Å². The Hall–Kier alpha value is 1.16. The van der Waals surface area contributed by atoms with Crippen molar-refractivity contribution >= 4 is 41.8 Å². The second-order valence-corrected chi connectivity index (χ2v) is 19.4. The predicted molar refractivity (Wildman–Crippen MR) is 28.9 cm³/mol. The second kappa shape index (κ2) is 2.46. The fraction of sp³-hybridized carbons (Fsp3) is 0. The molecule has 0 N–H and O–H groups in total. The topological polar surface area (TPSA) is 23.8 Å². The summed E-state index contributed by atoms with van der Waals surface area (Å²) in [6.07, 6.45) is 0. The van der Waals surface area contributed by atoms with Crippen molar-refractivity contribution in [2.45, 2.75) is 0 Å². The summed E-state index contributed by atoms with van der Waals surface area (Å²) in [7, 11) is 15.3. The number of halogens is 3. The van der Waals surface area contributed by atoms with Crippen LogP contribution < -0.4 is 0 Å². The maximum absolute atomic E-state index is 7.85. The molecule has 0 fully saturated rings. The number of hydrogen-bond donors (Lipinski definition) is 0. The van der Waals surface area contributed by atoms with Gasteiger partial charge in [0.2, 0.25) is 0 Å². The SMILES string of the molecule is N#[C][Sn]([Cl])([Cl])[Cl]. The van der Waals surface area contributed by atoms with Gasteiger partial charge in [-0.05, 0) is 0 Å². The van der Waals surface area contributed by atoms with Crippen molar-refractivity contribution in [2.75, 3.05) is 0 Å². The van der Waals surface area contributed by atoms with Gasteiger partial charge in [0, 0.05) is 0 Å². The Morgan fingerprint density at radius 3 is 1.50 bits per heavy atom. The van der Waals surface area contributed by atoms with E-state index in [4.69, 9.17) is 32.0 Å². The quantitative estimate of drug-likeness (QED) is 0.601. The third-order valence-electron chi connectivity index (χ3n) is 0.127. The number of nitriles is 1. The summed E-state index contributed by atoms with van der Waals surface area (Å²) in [5, 5.41) is 7.85. The van der Waals surface area contributed by atoms with Crippen LogP contribution in [-0.4, -0.2) is 15.0 Å². The fourth-order valence-electron chi connectivity index (χ4n) is 0. The summed E-state index contributed by atoms with van der Waals surface area (Å²) in [5.74, 6) is 0. The summed E-state index contributed by atoms with van der Waals surface area (Å²) in [6.45, 7) is 0. The van der Waals surface area contributed by atoms with Crippen molar-refractivity contribution in [3.05, 3.63) is 0 Å². The van der Waals surface area contributed by atoms with Crippen molar-refractivity contribution in [2.24, 2.45) is 0 Å². The molecule has 0 saturated carbocycles. The first-order valence-electron chi connectivity index (χ1n) is 1.04. The van der Waals surface area contributed by atoms with Gasteiger partial charge in [-0.3, -0.25) is 0 Å². The Bertz CT molecular complexity index is 77.8. The Kier molecular flexibility index (Phi) is 2.94. The van der Waals surface area contributed by atoms with E-state index in [1.165, 1.54) is 0 Å². The van der Waals surface area contributed by atoms with Crippen LogP contribution in [0.2, 0.25) is 0 Å². The van der Waals surface area contributed by atoms with E-state index in [0.29, 0.717) is 0 Å². The van der Waals surface area contributed by atoms with Crippen LogP contribution in [0.5, 0.6) is 0 Å². The molecule has 0 aromatic heterocycles. The third-order valence-corrected chi connectivity index (χ3v) is 2.55. The molecule has 6 heavy (non-hydrogen) atoms. The molecular weight excluding hydrogens is 251 g/mol. The molecule has 0 aliphatic rings. The molecule has 0 radical (unpaired) electrons. The zero-order chi connectivity index (χ0) is 5.21. The van der Waals surface area contributed by atoms with Crippen LogP contribution in [0.4, 0.5) is 0 Å². The van der Waals surface area contributed by atoms with E-state index >= 15 is 0 Å². The van der Waals surface area contributed by atoms with Crippen molar-refractivity contribution < 1.29 is 0 Å². The molecular formula is CCl3NSn.